The highest BCUT2D eigenvalue weighted by Crippen LogP contribution is 2.18. The van der Waals surface area contributed by atoms with Crippen LogP contribution in [-0.4, -0.2) is 31.9 Å². The maximum Gasteiger partial charge on any atom is 0.310 e. The number of hydrogen-bond donors (Lipinski definition) is 3. The molecule has 27 heavy (non-hydrogen) atoms. The first-order valence-electron chi connectivity index (χ1n) is 7.96. The molecule has 0 saturated carbocycles. The van der Waals surface area contributed by atoms with E-state index in [1.54, 1.807) is 6.20 Å². The van der Waals surface area contributed by atoms with Crippen LogP contribution in [0.4, 0.5) is 5.69 Å². The summed E-state index contributed by atoms with van der Waals surface area (Å²) in [6, 6.07) is 13.0. The number of nitrogens with one attached hydrogen (secondary N) is 2. The van der Waals surface area contributed by atoms with Crippen LogP contribution >= 0.6 is 0 Å². The van der Waals surface area contributed by atoms with Crippen LogP contribution < -0.4 is 10.5 Å². The largest absolute Gasteiger partial charge is 0.455 e. The number of sulfonamides is 1. The van der Waals surface area contributed by atoms with Gasteiger partial charge in [0.1, 0.15) is 0 Å². The van der Waals surface area contributed by atoms with Gasteiger partial charge in [0.25, 0.3) is 5.91 Å². The van der Waals surface area contributed by atoms with Crippen molar-refractivity contribution < 1.29 is 22.7 Å². The van der Waals surface area contributed by atoms with E-state index in [9.17, 15) is 18.0 Å². The predicted octanol–water partition coefficient (Wildman–Crippen LogP) is 1.54. The Bertz CT molecular complexity index is 1100. The molecule has 8 nitrogen and oxygen atoms in total. The number of ether oxygens (including phenoxy) is 1. The van der Waals surface area contributed by atoms with Crippen molar-refractivity contribution in [1.29, 1.82) is 0 Å². The molecule has 0 radical (unpaired) electrons. The van der Waals surface area contributed by atoms with Gasteiger partial charge in [-0.2, -0.15) is 0 Å². The number of carbonyl (C=O) groups is 2. The maximum absolute atomic E-state index is 12.0. The number of anilines is 1. The number of fused-ring (bicyclic) bond motifs is 1. The highest BCUT2D eigenvalue weighted by atomic mass is 32.2. The van der Waals surface area contributed by atoms with Crippen molar-refractivity contribution in [3.63, 3.8) is 0 Å². The Kier molecular flexibility index (Phi) is 5.24. The van der Waals surface area contributed by atoms with E-state index in [1.807, 2.05) is 24.3 Å². The molecule has 0 atom stereocenters. The third-order valence-electron chi connectivity index (χ3n) is 3.82. The summed E-state index contributed by atoms with van der Waals surface area (Å²) in [4.78, 5) is 26.8. The van der Waals surface area contributed by atoms with E-state index in [2.05, 4.69) is 10.3 Å². The highest BCUT2D eigenvalue weighted by molar-refractivity contribution is 7.89. The second kappa shape index (κ2) is 7.60. The fourth-order valence-electron chi connectivity index (χ4n) is 2.58. The first-order chi connectivity index (χ1) is 12.8. The molecule has 0 aliphatic carbocycles. The number of H-pyrrole nitrogens is 1. The molecular formula is C18H17N3O5S. The normalized spacial score (nSPS) is 11.3. The van der Waals surface area contributed by atoms with Crippen molar-refractivity contribution in [3.8, 4) is 0 Å². The summed E-state index contributed by atoms with van der Waals surface area (Å²) in [5, 5.41) is 8.42. The lowest BCUT2D eigenvalue weighted by Crippen LogP contribution is -2.22. The number of nitrogens with two attached hydrogens (primary N) is 1. The summed E-state index contributed by atoms with van der Waals surface area (Å²) < 4.78 is 27.6. The third kappa shape index (κ3) is 4.72. The van der Waals surface area contributed by atoms with E-state index in [0.717, 1.165) is 16.5 Å². The molecule has 0 aliphatic heterocycles. The van der Waals surface area contributed by atoms with Crippen molar-refractivity contribution in [2.45, 2.75) is 11.3 Å². The fourth-order valence-corrected chi connectivity index (χ4v) is 3.14. The topological polar surface area (TPSA) is 131 Å². The molecular weight excluding hydrogens is 370 g/mol. The number of aromatic amines is 1. The molecule has 2 aromatic carbocycles. The molecule has 3 rings (SSSR count). The van der Waals surface area contributed by atoms with Gasteiger partial charge in [0.05, 0.1) is 11.3 Å². The van der Waals surface area contributed by atoms with E-state index >= 15 is 0 Å². The van der Waals surface area contributed by atoms with Crippen LogP contribution in [0, 0.1) is 0 Å². The van der Waals surface area contributed by atoms with Gasteiger partial charge < -0.3 is 15.0 Å². The zero-order valence-corrected chi connectivity index (χ0v) is 15.0. The zero-order chi connectivity index (χ0) is 19.4. The second-order valence-electron chi connectivity index (χ2n) is 5.82. The van der Waals surface area contributed by atoms with Gasteiger partial charge in [-0.25, -0.2) is 13.6 Å². The summed E-state index contributed by atoms with van der Waals surface area (Å²) in [7, 11) is -3.87. The monoisotopic (exact) mass is 387 g/mol. The lowest BCUT2D eigenvalue weighted by molar-refractivity contribution is -0.146. The number of amides is 1. The number of hydrogen-bond acceptors (Lipinski definition) is 5. The molecule has 140 valence electrons. The molecule has 4 N–H and O–H groups in total. The SMILES string of the molecule is NS(=O)(=O)c1cccc(NC(=O)COC(=O)Cc2c[nH]c3ccccc23)c1. The zero-order valence-electron chi connectivity index (χ0n) is 14.1. The number of rotatable bonds is 6. The van der Waals surface area contributed by atoms with Gasteiger partial charge in [-0.1, -0.05) is 24.3 Å². The van der Waals surface area contributed by atoms with Gasteiger partial charge in [0.2, 0.25) is 10.0 Å². The fraction of sp³-hybridized carbons (Fsp3) is 0.111. The third-order valence-corrected chi connectivity index (χ3v) is 4.73. The standard InChI is InChI=1S/C18H17N3O5S/c19-27(24,25)14-5-3-4-13(9-14)21-17(22)11-26-18(23)8-12-10-20-16-7-2-1-6-15(12)16/h1-7,9-10,20H,8,11H2,(H,21,22)(H2,19,24,25). The van der Waals surface area contributed by atoms with Gasteiger partial charge >= 0.3 is 5.97 Å². The van der Waals surface area contributed by atoms with Gasteiger partial charge in [-0.05, 0) is 29.8 Å². The number of benzene rings is 2. The van der Waals surface area contributed by atoms with Gasteiger partial charge in [0, 0.05) is 22.8 Å². The number of primary sulfonamides is 1. The Morgan fingerprint density at radius 3 is 2.67 bits per heavy atom. The molecule has 0 bridgehead atoms. The van der Waals surface area contributed by atoms with Gasteiger partial charge in [-0.15, -0.1) is 0 Å². The summed E-state index contributed by atoms with van der Waals surface area (Å²) in [6.45, 7) is -0.485. The molecule has 9 heteroatoms. The molecule has 0 saturated heterocycles. The predicted molar refractivity (Wildman–Crippen MR) is 99.4 cm³/mol. The average Bonchev–Trinajstić information content (AvgIpc) is 3.03. The van der Waals surface area contributed by atoms with Crippen molar-refractivity contribution >= 4 is 38.5 Å². The molecule has 0 fully saturated rings. The Balaban J connectivity index is 1.55. The van der Waals surface area contributed by atoms with Crippen LogP contribution in [0.2, 0.25) is 0 Å². The van der Waals surface area contributed by atoms with Crippen molar-refractivity contribution in [1.82, 2.24) is 4.98 Å². The van der Waals surface area contributed by atoms with E-state index < -0.39 is 28.5 Å². The molecule has 1 amide bonds. The number of carbonyl (C=O) groups excluding carboxylic acids is 2. The molecule has 3 aromatic rings. The lowest BCUT2D eigenvalue weighted by atomic mass is 10.1. The minimum absolute atomic E-state index is 0.0260. The van der Waals surface area contributed by atoms with Gasteiger partial charge in [0.15, 0.2) is 6.61 Å². The molecule has 0 spiro atoms. The summed E-state index contributed by atoms with van der Waals surface area (Å²) in [5.74, 6) is -1.14. The van der Waals surface area contributed by atoms with Crippen LogP contribution in [-0.2, 0) is 30.8 Å². The van der Waals surface area contributed by atoms with Crippen LogP contribution in [0.5, 0.6) is 0 Å². The number of aromatic nitrogens is 1. The number of esters is 1. The smallest absolute Gasteiger partial charge is 0.310 e. The molecule has 0 unspecified atom stereocenters. The summed E-state index contributed by atoms with van der Waals surface area (Å²) in [5.41, 5.74) is 1.92. The molecule has 1 aromatic heterocycles. The number of para-hydroxylation sites is 1. The minimum Gasteiger partial charge on any atom is -0.455 e. The lowest BCUT2D eigenvalue weighted by Gasteiger charge is -2.07. The van der Waals surface area contributed by atoms with E-state index in [1.165, 1.54) is 24.3 Å². The summed E-state index contributed by atoms with van der Waals surface area (Å²) in [6.07, 6.45) is 1.75. The van der Waals surface area contributed by atoms with E-state index in [0.29, 0.717) is 0 Å². The molecule has 0 aliphatic rings. The second-order valence-corrected chi connectivity index (χ2v) is 7.38. The quantitative estimate of drug-likeness (QED) is 0.552. The van der Waals surface area contributed by atoms with Gasteiger partial charge in [-0.3, -0.25) is 9.59 Å². The highest BCUT2D eigenvalue weighted by Gasteiger charge is 2.13. The Hall–Kier alpha value is -3.17. The Morgan fingerprint density at radius 2 is 1.89 bits per heavy atom. The first kappa shape index (κ1) is 18.6. The van der Waals surface area contributed by atoms with Crippen LogP contribution in [0.25, 0.3) is 10.9 Å². The minimum atomic E-state index is -3.87. The Morgan fingerprint density at radius 1 is 1.11 bits per heavy atom. The van der Waals surface area contributed by atoms with Crippen molar-refractivity contribution in [2.75, 3.05) is 11.9 Å². The van der Waals surface area contributed by atoms with E-state index in [-0.39, 0.29) is 17.0 Å². The van der Waals surface area contributed by atoms with Crippen LogP contribution in [0.1, 0.15) is 5.56 Å². The summed E-state index contributed by atoms with van der Waals surface area (Å²) >= 11 is 0. The maximum atomic E-state index is 12.0. The van der Waals surface area contributed by atoms with E-state index in [4.69, 9.17) is 9.88 Å². The molecule has 1 heterocycles. The van der Waals surface area contributed by atoms with Crippen molar-refractivity contribution in [3.05, 3.63) is 60.3 Å². The Labute approximate surface area is 155 Å². The first-order valence-corrected chi connectivity index (χ1v) is 9.51. The van der Waals surface area contributed by atoms with Crippen LogP contribution in [0.15, 0.2) is 59.6 Å². The average molecular weight is 387 g/mol. The van der Waals surface area contributed by atoms with Crippen molar-refractivity contribution in [2.24, 2.45) is 5.14 Å². The van der Waals surface area contributed by atoms with Crippen LogP contribution in [0.3, 0.4) is 0 Å².